The average molecular weight is 496 g/mol. The first-order valence-electron chi connectivity index (χ1n) is 10.7. The predicted octanol–water partition coefficient (Wildman–Crippen LogP) is 5.25. The van der Waals surface area contributed by atoms with Gasteiger partial charge in [0.05, 0.1) is 5.02 Å². The smallest absolute Gasteiger partial charge is 0.248 e. The number of halogens is 1. The predicted molar refractivity (Wildman–Crippen MR) is 140 cm³/mol. The molecule has 0 bridgehead atoms. The van der Waals surface area contributed by atoms with E-state index in [9.17, 15) is 4.79 Å². The Hall–Kier alpha value is -3.39. The third-order valence-corrected chi connectivity index (χ3v) is 6.21. The van der Waals surface area contributed by atoms with Crippen molar-refractivity contribution in [3.63, 3.8) is 0 Å². The van der Waals surface area contributed by atoms with E-state index < -0.39 is 5.91 Å². The molecule has 0 radical (unpaired) electrons. The molecule has 0 atom stereocenters. The van der Waals surface area contributed by atoms with Gasteiger partial charge in [0.1, 0.15) is 18.1 Å². The number of nitrogens with two attached hydrogens (primary N) is 1. The molecular formula is C26H26ClN3O3S. The minimum Gasteiger partial charge on any atom is -0.506 e. The zero-order valence-corrected chi connectivity index (χ0v) is 20.0. The number of thiophene rings is 1. The van der Waals surface area contributed by atoms with Crippen LogP contribution in [0.4, 0.5) is 0 Å². The number of carbonyl (C=O) groups excluding carboxylic acids is 1. The fourth-order valence-corrected chi connectivity index (χ4v) is 4.12. The minimum atomic E-state index is -0.563. The summed E-state index contributed by atoms with van der Waals surface area (Å²) in [5, 5.41) is 24.2. The molecule has 1 aromatic heterocycles. The van der Waals surface area contributed by atoms with Crippen LogP contribution in [0.15, 0.2) is 72.1 Å². The molecule has 0 fully saturated rings. The summed E-state index contributed by atoms with van der Waals surface area (Å²) in [5.41, 5.74) is 6.16. The van der Waals surface area contributed by atoms with Crippen LogP contribution in [0, 0.1) is 5.41 Å². The maximum Gasteiger partial charge on any atom is 0.248 e. The molecule has 0 aliphatic carbocycles. The van der Waals surface area contributed by atoms with Gasteiger partial charge >= 0.3 is 0 Å². The molecule has 34 heavy (non-hydrogen) atoms. The van der Waals surface area contributed by atoms with E-state index in [2.05, 4.69) is 22.8 Å². The highest BCUT2D eigenvalue weighted by molar-refractivity contribution is 7.09. The highest BCUT2D eigenvalue weighted by Crippen LogP contribution is 2.27. The Morgan fingerprint density at radius 1 is 1.09 bits per heavy atom. The zero-order valence-electron chi connectivity index (χ0n) is 18.5. The molecule has 1 amide bonds. The fourth-order valence-electron chi connectivity index (χ4n) is 3.23. The van der Waals surface area contributed by atoms with E-state index in [0.29, 0.717) is 6.61 Å². The Bertz CT molecular complexity index is 1250. The summed E-state index contributed by atoms with van der Waals surface area (Å²) >= 11 is 7.30. The van der Waals surface area contributed by atoms with Gasteiger partial charge in [-0.15, -0.1) is 11.3 Å². The van der Waals surface area contributed by atoms with Crippen LogP contribution in [0.3, 0.4) is 0 Å². The van der Waals surface area contributed by atoms with Gasteiger partial charge in [0, 0.05) is 40.7 Å². The molecule has 0 aliphatic rings. The van der Waals surface area contributed by atoms with E-state index in [1.54, 1.807) is 11.3 Å². The SMILES string of the molecule is N=Cc1ccc(OCCNCCc2cccs2)c2ccccc12.NC(=O)c1ccc(O)c(Cl)c1. The third-order valence-electron chi connectivity index (χ3n) is 4.97. The van der Waals surface area contributed by atoms with Crippen molar-refractivity contribution in [3.8, 4) is 11.5 Å². The number of hydrogen-bond donors (Lipinski definition) is 4. The van der Waals surface area contributed by atoms with E-state index in [0.717, 1.165) is 41.6 Å². The highest BCUT2D eigenvalue weighted by Gasteiger charge is 2.05. The van der Waals surface area contributed by atoms with E-state index in [1.807, 2.05) is 36.4 Å². The van der Waals surface area contributed by atoms with Gasteiger partial charge in [0.25, 0.3) is 0 Å². The number of fused-ring (bicyclic) bond motifs is 1. The molecule has 6 nitrogen and oxygen atoms in total. The first-order chi connectivity index (χ1) is 16.5. The number of carbonyl (C=O) groups is 1. The highest BCUT2D eigenvalue weighted by atomic mass is 35.5. The van der Waals surface area contributed by atoms with Gasteiger partial charge in [-0.05, 0) is 53.6 Å². The first-order valence-corrected chi connectivity index (χ1v) is 11.9. The minimum absolute atomic E-state index is 0.0586. The molecule has 1 heterocycles. The van der Waals surface area contributed by atoms with Crippen molar-refractivity contribution in [2.45, 2.75) is 6.42 Å². The second-order valence-electron chi connectivity index (χ2n) is 7.30. The first kappa shape index (κ1) is 25.2. The molecule has 0 saturated heterocycles. The van der Waals surface area contributed by atoms with Crippen LogP contribution in [-0.4, -0.2) is 36.9 Å². The molecule has 4 aromatic rings. The molecule has 3 aromatic carbocycles. The lowest BCUT2D eigenvalue weighted by atomic mass is 10.0. The van der Waals surface area contributed by atoms with Crippen LogP contribution in [0.5, 0.6) is 11.5 Å². The lowest BCUT2D eigenvalue weighted by Gasteiger charge is -2.11. The number of benzene rings is 3. The lowest BCUT2D eigenvalue weighted by molar-refractivity contribution is 0.100. The number of rotatable bonds is 9. The van der Waals surface area contributed by atoms with Crippen LogP contribution in [0.25, 0.3) is 10.8 Å². The van der Waals surface area contributed by atoms with Crippen LogP contribution in [0.1, 0.15) is 20.8 Å². The quantitative estimate of drug-likeness (QED) is 0.188. The second kappa shape index (κ2) is 12.7. The molecular weight excluding hydrogens is 470 g/mol. The average Bonchev–Trinajstić information content (AvgIpc) is 3.37. The molecule has 0 spiro atoms. The Morgan fingerprint density at radius 2 is 1.88 bits per heavy atom. The maximum atomic E-state index is 10.5. The number of amides is 1. The number of nitrogens with one attached hydrogen (secondary N) is 2. The number of phenolic OH excluding ortho intramolecular Hbond substituents is 1. The summed E-state index contributed by atoms with van der Waals surface area (Å²) in [5.74, 6) is 0.259. The number of phenols is 1. The van der Waals surface area contributed by atoms with Gasteiger partial charge in [-0.25, -0.2) is 0 Å². The van der Waals surface area contributed by atoms with E-state index in [1.165, 1.54) is 29.3 Å². The van der Waals surface area contributed by atoms with E-state index in [-0.39, 0.29) is 16.3 Å². The zero-order chi connectivity index (χ0) is 24.3. The van der Waals surface area contributed by atoms with Crippen molar-refractivity contribution >= 4 is 45.8 Å². The topological polar surface area (TPSA) is 108 Å². The Labute approximate surface area is 207 Å². The van der Waals surface area contributed by atoms with Gasteiger partial charge in [-0.2, -0.15) is 0 Å². The van der Waals surface area contributed by atoms with Gasteiger partial charge < -0.3 is 26.3 Å². The largest absolute Gasteiger partial charge is 0.506 e. The number of primary amides is 1. The van der Waals surface area contributed by atoms with Crippen molar-refractivity contribution in [2.75, 3.05) is 19.7 Å². The second-order valence-corrected chi connectivity index (χ2v) is 8.74. The van der Waals surface area contributed by atoms with Crippen LogP contribution in [0.2, 0.25) is 5.02 Å². The van der Waals surface area contributed by atoms with E-state index in [4.69, 9.17) is 32.6 Å². The van der Waals surface area contributed by atoms with Gasteiger partial charge in [-0.1, -0.05) is 41.9 Å². The summed E-state index contributed by atoms with van der Waals surface area (Å²) in [6.07, 6.45) is 2.45. The molecule has 176 valence electrons. The van der Waals surface area contributed by atoms with Crippen LogP contribution >= 0.6 is 22.9 Å². The number of aromatic hydroxyl groups is 1. The molecule has 4 rings (SSSR count). The summed E-state index contributed by atoms with van der Waals surface area (Å²) < 4.78 is 5.92. The van der Waals surface area contributed by atoms with Crippen LogP contribution < -0.4 is 15.8 Å². The standard InChI is InChI=1S/C19H20N2OS.C7H6ClNO2/c20-14-15-7-8-19(18-6-2-1-5-17(15)18)22-12-11-21-10-9-16-4-3-13-23-16;8-5-3-4(7(9)11)1-2-6(5)10/h1-8,13-14,20-21H,9-12H2;1-3,10H,(H2,9,11). The summed E-state index contributed by atoms with van der Waals surface area (Å²) in [6.45, 7) is 2.43. The van der Waals surface area contributed by atoms with Crippen molar-refractivity contribution in [3.05, 3.63) is 93.1 Å². The molecule has 8 heteroatoms. The Kier molecular flexibility index (Phi) is 9.46. The molecule has 0 saturated carbocycles. The van der Waals surface area contributed by atoms with Crippen molar-refractivity contribution in [2.24, 2.45) is 5.73 Å². The number of hydrogen-bond acceptors (Lipinski definition) is 6. The molecule has 5 N–H and O–H groups in total. The van der Waals surface area contributed by atoms with Gasteiger partial charge in [-0.3, -0.25) is 4.79 Å². The maximum absolute atomic E-state index is 10.5. The molecule has 0 unspecified atom stereocenters. The fraction of sp³-hybridized carbons (Fsp3) is 0.154. The monoisotopic (exact) mass is 495 g/mol. The van der Waals surface area contributed by atoms with Crippen LogP contribution in [-0.2, 0) is 6.42 Å². The Morgan fingerprint density at radius 3 is 2.56 bits per heavy atom. The lowest BCUT2D eigenvalue weighted by Crippen LogP contribution is -2.23. The molecule has 0 aliphatic heterocycles. The van der Waals surface area contributed by atoms with Gasteiger partial charge in [0.15, 0.2) is 0 Å². The Balaban J connectivity index is 0.000000248. The summed E-state index contributed by atoms with van der Waals surface area (Å²) in [4.78, 5) is 12.0. The summed E-state index contributed by atoms with van der Waals surface area (Å²) in [7, 11) is 0. The van der Waals surface area contributed by atoms with Gasteiger partial charge in [0.2, 0.25) is 5.91 Å². The van der Waals surface area contributed by atoms with Crippen molar-refractivity contribution in [1.29, 1.82) is 5.41 Å². The number of ether oxygens (including phenoxy) is 1. The third kappa shape index (κ3) is 7.05. The van der Waals surface area contributed by atoms with Crippen molar-refractivity contribution in [1.82, 2.24) is 5.32 Å². The van der Waals surface area contributed by atoms with E-state index >= 15 is 0 Å². The summed E-state index contributed by atoms with van der Waals surface area (Å²) in [6, 6.07) is 20.3. The normalized spacial score (nSPS) is 10.4. The van der Waals surface area contributed by atoms with Crippen molar-refractivity contribution < 1.29 is 14.6 Å².